The summed E-state index contributed by atoms with van der Waals surface area (Å²) in [7, 11) is 0. The van der Waals surface area contributed by atoms with Gasteiger partial charge in [0.05, 0.1) is 11.5 Å². The van der Waals surface area contributed by atoms with Gasteiger partial charge in [-0.15, -0.1) is 0 Å². The predicted molar refractivity (Wildman–Crippen MR) is 151 cm³/mol. The molecule has 5 rings (SSSR count). The van der Waals surface area contributed by atoms with Crippen LogP contribution in [0.2, 0.25) is 0 Å². The van der Waals surface area contributed by atoms with E-state index in [-0.39, 0.29) is 11.3 Å². The SMILES string of the molecule is CC(=O)C1C(=O)C(C(C)C)[C@@]2(C)[C@H](CCc3ccccc3)[C@]3(C)C(C(=O)c4c(O)cccc4[C@H]3C)C(=O)[C@@]2(O)C1=O. The van der Waals surface area contributed by atoms with Gasteiger partial charge in [-0.05, 0) is 60.1 Å². The molecule has 216 valence electrons. The number of ketones is 5. The number of benzene rings is 2. The fourth-order valence-corrected chi connectivity index (χ4v) is 9.09. The maximum Gasteiger partial charge on any atom is 0.190 e. The van der Waals surface area contributed by atoms with Crippen molar-refractivity contribution in [1.29, 1.82) is 0 Å². The van der Waals surface area contributed by atoms with Gasteiger partial charge in [-0.1, -0.05) is 77.1 Å². The molecule has 0 radical (unpaired) electrons. The van der Waals surface area contributed by atoms with E-state index in [9.17, 15) is 34.2 Å². The highest BCUT2D eigenvalue weighted by atomic mass is 16.3. The Balaban J connectivity index is 1.84. The van der Waals surface area contributed by atoms with Crippen LogP contribution in [0.15, 0.2) is 48.5 Å². The first-order valence-corrected chi connectivity index (χ1v) is 14.4. The molecule has 41 heavy (non-hydrogen) atoms. The zero-order valence-corrected chi connectivity index (χ0v) is 24.4. The Hall–Kier alpha value is -3.45. The summed E-state index contributed by atoms with van der Waals surface area (Å²) < 4.78 is 0. The van der Waals surface area contributed by atoms with E-state index in [0.717, 1.165) is 12.5 Å². The molecule has 7 nitrogen and oxygen atoms in total. The van der Waals surface area contributed by atoms with E-state index in [4.69, 9.17) is 0 Å². The Morgan fingerprint density at radius 3 is 2.17 bits per heavy atom. The molecule has 0 amide bonds. The van der Waals surface area contributed by atoms with Crippen LogP contribution in [0.25, 0.3) is 0 Å². The number of aliphatic hydroxyl groups is 1. The third-order valence-corrected chi connectivity index (χ3v) is 11.0. The lowest BCUT2D eigenvalue weighted by Crippen LogP contribution is -2.80. The standard InChI is InChI=1S/C34H38O7/c1-17(2)26-28(37)24(19(4)35)30(39)34(41)31(40)27-29(38)25-21(13-10-14-22(25)36)18(3)32(27,5)23(33(26,34)6)16-15-20-11-8-7-9-12-20/h7-14,17-18,23-24,26-27,36,41H,15-16H2,1-6H3/t18-,23-,24?,26?,27?,32-,33-,34+/m1/s1. The first-order valence-electron chi connectivity index (χ1n) is 14.4. The van der Waals surface area contributed by atoms with E-state index in [1.165, 1.54) is 6.07 Å². The molecule has 3 aliphatic rings. The van der Waals surface area contributed by atoms with Crippen LogP contribution in [0.4, 0.5) is 0 Å². The number of aromatic hydroxyl groups is 1. The normalized spacial score (nSPS) is 36.5. The third kappa shape index (κ3) is 3.57. The molecule has 2 aromatic rings. The summed E-state index contributed by atoms with van der Waals surface area (Å²) in [5, 5.41) is 23.3. The molecule has 3 aliphatic carbocycles. The Kier molecular flexibility index (Phi) is 6.77. The molecule has 2 saturated carbocycles. The molecular weight excluding hydrogens is 520 g/mol. The molecule has 2 aromatic carbocycles. The first-order chi connectivity index (χ1) is 19.2. The minimum Gasteiger partial charge on any atom is -0.507 e. The van der Waals surface area contributed by atoms with Gasteiger partial charge in [0, 0.05) is 11.3 Å². The van der Waals surface area contributed by atoms with E-state index < -0.39 is 80.9 Å². The summed E-state index contributed by atoms with van der Waals surface area (Å²) in [5.74, 6) is -10.0. The highest BCUT2D eigenvalue weighted by Gasteiger charge is 2.80. The third-order valence-electron chi connectivity index (χ3n) is 11.0. The molecule has 8 atom stereocenters. The summed E-state index contributed by atoms with van der Waals surface area (Å²) in [6.07, 6.45) is 0.897. The summed E-state index contributed by atoms with van der Waals surface area (Å²) in [4.78, 5) is 69.8. The number of aryl methyl sites for hydroxylation is 1. The fourth-order valence-electron chi connectivity index (χ4n) is 9.09. The van der Waals surface area contributed by atoms with Crippen molar-refractivity contribution >= 4 is 28.9 Å². The van der Waals surface area contributed by atoms with E-state index in [2.05, 4.69) is 0 Å². The minimum atomic E-state index is -2.74. The molecule has 0 spiro atoms. The highest BCUT2D eigenvalue weighted by molar-refractivity contribution is 6.32. The Bertz CT molecular complexity index is 1480. The van der Waals surface area contributed by atoms with Crippen molar-refractivity contribution in [3.8, 4) is 5.75 Å². The monoisotopic (exact) mass is 558 g/mol. The Morgan fingerprint density at radius 2 is 1.59 bits per heavy atom. The average Bonchev–Trinajstić information content (AvgIpc) is 2.90. The van der Waals surface area contributed by atoms with Crippen LogP contribution in [0.3, 0.4) is 0 Å². The topological polar surface area (TPSA) is 126 Å². The van der Waals surface area contributed by atoms with Gasteiger partial charge in [-0.25, -0.2) is 0 Å². The number of Topliss-reactive ketones (excluding diaryl/α,β-unsaturated/α-hetero) is 5. The van der Waals surface area contributed by atoms with Crippen LogP contribution >= 0.6 is 0 Å². The second kappa shape index (κ2) is 9.55. The first kappa shape index (κ1) is 29.1. The van der Waals surface area contributed by atoms with Crippen molar-refractivity contribution < 1.29 is 34.2 Å². The molecule has 0 aromatic heterocycles. The van der Waals surface area contributed by atoms with Crippen LogP contribution in [0.5, 0.6) is 5.75 Å². The van der Waals surface area contributed by atoms with Crippen molar-refractivity contribution in [3.63, 3.8) is 0 Å². The van der Waals surface area contributed by atoms with Crippen molar-refractivity contribution in [1.82, 2.24) is 0 Å². The van der Waals surface area contributed by atoms with Crippen LogP contribution in [-0.2, 0) is 25.6 Å². The molecule has 0 saturated heterocycles. The van der Waals surface area contributed by atoms with E-state index in [0.29, 0.717) is 18.4 Å². The second-order valence-electron chi connectivity index (χ2n) is 13.1. The molecule has 0 aliphatic heterocycles. The quantitative estimate of drug-likeness (QED) is 0.517. The van der Waals surface area contributed by atoms with Gasteiger partial charge in [-0.2, -0.15) is 0 Å². The van der Waals surface area contributed by atoms with Crippen molar-refractivity contribution in [3.05, 3.63) is 65.2 Å². The van der Waals surface area contributed by atoms with E-state index >= 15 is 0 Å². The molecule has 2 fully saturated rings. The summed E-state index contributed by atoms with van der Waals surface area (Å²) >= 11 is 0. The lowest BCUT2D eigenvalue weighted by Gasteiger charge is -2.67. The number of hydrogen-bond donors (Lipinski definition) is 2. The summed E-state index contributed by atoms with van der Waals surface area (Å²) in [6.45, 7) is 10.1. The number of phenols is 1. The van der Waals surface area contributed by atoms with Crippen LogP contribution in [0.1, 0.15) is 75.4 Å². The maximum atomic E-state index is 14.7. The summed E-state index contributed by atoms with van der Waals surface area (Å²) in [6, 6.07) is 14.5. The molecule has 7 heteroatoms. The highest BCUT2D eigenvalue weighted by Crippen LogP contribution is 2.70. The number of rotatable bonds is 5. The van der Waals surface area contributed by atoms with Gasteiger partial charge in [0.1, 0.15) is 17.5 Å². The smallest absolute Gasteiger partial charge is 0.190 e. The van der Waals surface area contributed by atoms with Gasteiger partial charge in [0.15, 0.2) is 28.7 Å². The Labute approximate surface area is 240 Å². The number of hydrogen-bond acceptors (Lipinski definition) is 7. The van der Waals surface area contributed by atoms with E-state index in [1.807, 2.05) is 44.2 Å². The zero-order chi connectivity index (χ0) is 30.2. The van der Waals surface area contributed by atoms with Crippen LogP contribution in [0, 0.1) is 40.4 Å². The lowest BCUT2D eigenvalue weighted by molar-refractivity contribution is -0.225. The van der Waals surface area contributed by atoms with E-state index in [1.54, 1.807) is 32.9 Å². The minimum absolute atomic E-state index is 0.0210. The molecule has 3 unspecified atom stereocenters. The van der Waals surface area contributed by atoms with Gasteiger partial charge < -0.3 is 10.2 Å². The summed E-state index contributed by atoms with van der Waals surface area (Å²) in [5.41, 5.74) is -3.83. The molecule has 0 bridgehead atoms. The number of fused-ring (bicyclic) bond motifs is 3. The van der Waals surface area contributed by atoms with Gasteiger partial charge in [0.25, 0.3) is 0 Å². The van der Waals surface area contributed by atoms with Crippen LogP contribution < -0.4 is 0 Å². The average molecular weight is 559 g/mol. The largest absolute Gasteiger partial charge is 0.507 e. The number of phenolic OH excluding ortho intramolecular Hbond substituents is 1. The zero-order valence-electron chi connectivity index (χ0n) is 24.4. The maximum absolute atomic E-state index is 14.7. The van der Waals surface area contributed by atoms with Gasteiger partial charge in [0.2, 0.25) is 0 Å². The predicted octanol–water partition coefficient (Wildman–Crippen LogP) is 4.51. The lowest BCUT2D eigenvalue weighted by atomic mass is 9.34. The van der Waals surface area contributed by atoms with Crippen molar-refractivity contribution in [2.45, 2.75) is 65.9 Å². The van der Waals surface area contributed by atoms with Crippen molar-refractivity contribution in [2.75, 3.05) is 0 Å². The molecule has 2 N–H and O–H groups in total. The Morgan fingerprint density at radius 1 is 0.951 bits per heavy atom. The van der Waals surface area contributed by atoms with Crippen LogP contribution in [-0.4, -0.2) is 44.7 Å². The van der Waals surface area contributed by atoms with Gasteiger partial charge >= 0.3 is 0 Å². The number of carbonyl (C=O) groups is 5. The molecular formula is C34H38O7. The fraction of sp³-hybridized carbons (Fsp3) is 0.500. The molecule has 0 heterocycles. The second-order valence-corrected chi connectivity index (χ2v) is 13.1. The van der Waals surface area contributed by atoms with Crippen molar-refractivity contribution in [2.24, 2.45) is 40.4 Å². The van der Waals surface area contributed by atoms with Gasteiger partial charge in [-0.3, -0.25) is 24.0 Å². The number of carbonyl (C=O) groups excluding carboxylic acids is 5.